The predicted octanol–water partition coefficient (Wildman–Crippen LogP) is 5.45. The first-order valence-electron chi connectivity index (χ1n) is 13.3. The van der Waals surface area contributed by atoms with Crippen molar-refractivity contribution in [2.75, 3.05) is 19.5 Å². The summed E-state index contributed by atoms with van der Waals surface area (Å²) < 4.78 is 16.9. The molecule has 0 bridgehead atoms. The Bertz CT molecular complexity index is 1460. The fourth-order valence-corrected chi connectivity index (χ4v) is 5.35. The van der Waals surface area contributed by atoms with E-state index in [4.69, 9.17) is 14.2 Å². The molecule has 2 N–H and O–H groups in total. The highest BCUT2D eigenvalue weighted by Crippen LogP contribution is 2.45. The number of allylic oxidation sites excluding steroid dienone is 2. The summed E-state index contributed by atoms with van der Waals surface area (Å²) in [6.45, 7) is 6.38. The number of Topliss-reactive ketones (excluding diaryl/α,β-unsaturated/α-hetero) is 1. The third-order valence-electron chi connectivity index (χ3n) is 7.35. The molecular weight excluding hydrogens is 506 g/mol. The Morgan fingerprint density at radius 1 is 1.05 bits per heavy atom. The molecule has 0 spiro atoms. The summed E-state index contributed by atoms with van der Waals surface area (Å²) in [4.78, 5) is 31.4. The Labute approximate surface area is 234 Å². The van der Waals surface area contributed by atoms with E-state index in [9.17, 15) is 9.59 Å². The Morgan fingerprint density at radius 2 is 1.82 bits per heavy atom. The fraction of sp³-hybridized carbons (Fsp3) is 0.281. The van der Waals surface area contributed by atoms with E-state index in [1.165, 1.54) is 0 Å². The van der Waals surface area contributed by atoms with Crippen molar-refractivity contribution in [3.05, 3.63) is 101 Å². The van der Waals surface area contributed by atoms with Gasteiger partial charge in [-0.25, -0.2) is 4.98 Å². The molecule has 2 aliphatic rings. The van der Waals surface area contributed by atoms with Crippen LogP contribution >= 0.6 is 0 Å². The molecule has 1 amide bonds. The molecule has 0 saturated heterocycles. The second-order valence-corrected chi connectivity index (χ2v) is 10.0. The third kappa shape index (κ3) is 5.57. The number of ketones is 1. The van der Waals surface area contributed by atoms with Gasteiger partial charge in [0.2, 0.25) is 5.91 Å². The van der Waals surface area contributed by atoms with Crippen molar-refractivity contribution >= 4 is 17.5 Å². The maximum Gasteiger partial charge on any atom is 0.235 e. The lowest BCUT2D eigenvalue weighted by molar-refractivity contribution is -0.120. The minimum absolute atomic E-state index is 0.0457. The Balaban J connectivity index is 1.51. The van der Waals surface area contributed by atoms with E-state index in [1.54, 1.807) is 26.5 Å². The standard InChI is InChI=1S/C32H33N3O5/c1-19-8-15-28(33-17-19)35-32(37)29-20(2)34-25-6-5-7-26(36)31(25)30(29)21-9-14-27(39-4)22(16-21)18-40-24-12-10-23(38-3)11-13-24/h8-17,29-30,34H,2,5-7,18H2,1,3-4H3,(H,33,35,37). The van der Waals surface area contributed by atoms with Crippen LogP contribution in [0, 0.1) is 12.8 Å². The maximum atomic E-state index is 13.8. The number of hydrogen-bond donors (Lipinski definition) is 2. The number of nitrogens with zero attached hydrogens (tertiary/aromatic N) is 1. The van der Waals surface area contributed by atoms with Gasteiger partial charge in [0.05, 0.1) is 20.1 Å². The predicted molar refractivity (Wildman–Crippen MR) is 152 cm³/mol. The van der Waals surface area contributed by atoms with Crippen LogP contribution in [0.5, 0.6) is 17.2 Å². The highest BCUT2D eigenvalue weighted by atomic mass is 16.5. The molecule has 3 aromatic rings. The molecule has 2 aromatic carbocycles. The maximum absolute atomic E-state index is 13.8. The molecule has 0 fully saturated rings. The summed E-state index contributed by atoms with van der Waals surface area (Å²) in [5, 5.41) is 6.22. The van der Waals surface area contributed by atoms with Crippen LogP contribution in [0.4, 0.5) is 5.82 Å². The summed E-state index contributed by atoms with van der Waals surface area (Å²) in [6, 6.07) is 16.7. The molecular formula is C32H33N3O5. The number of nitrogens with one attached hydrogen (secondary N) is 2. The average Bonchev–Trinajstić information content (AvgIpc) is 2.96. The number of hydrogen-bond acceptors (Lipinski definition) is 7. The molecule has 8 heteroatoms. The second kappa shape index (κ2) is 11.7. The van der Waals surface area contributed by atoms with E-state index in [-0.39, 0.29) is 18.3 Å². The first-order valence-corrected chi connectivity index (χ1v) is 13.3. The molecule has 1 aromatic heterocycles. The number of pyridine rings is 1. The molecule has 1 aliphatic heterocycles. The first-order chi connectivity index (χ1) is 19.4. The lowest BCUT2D eigenvalue weighted by Gasteiger charge is -2.38. The molecule has 1 aliphatic carbocycles. The van der Waals surface area contributed by atoms with Gasteiger partial charge in [0.25, 0.3) is 0 Å². The topological polar surface area (TPSA) is 98.8 Å². The van der Waals surface area contributed by atoms with Crippen LogP contribution in [-0.2, 0) is 16.2 Å². The van der Waals surface area contributed by atoms with Gasteiger partial charge in [0.1, 0.15) is 29.7 Å². The molecule has 0 saturated carbocycles. The van der Waals surface area contributed by atoms with Crippen molar-refractivity contribution in [3.63, 3.8) is 0 Å². The van der Waals surface area contributed by atoms with E-state index in [0.717, 1.165) is 41.0 Å². The average molecular weight is 540 g/mol. The first kappa shape index (κ1) is 27.0. The molecule has 2 atom stereocenters. The van der Waals surface area contributed by atoms with Gasteiger partial charge in [-0.05, 0) is 73.4 Å². The fourth-order valence-electron chi connectivity index (χ4n) is 5.35. The Morgan fingerprint density at radius 3 is 2.52 bits per heavy atom. The van der Waals surface area contributed by atoms with Gasteiger partial charge < -0.3 is 24.8 Å². The number of amides is 1. The van der Waals surface area contributed by atoms with Crippen molar-refractivity contribution in [2.24, 2.45) is 5.92 Å². The Kier molecular flexibility index (Phi) is 7.86. The number of carbonyl (C=O) groups excluding carboxylic acids is 2. The van der Waals surface area contributed by atoms with Crippen molar-refractivity contribution in [3.8, 4) is 17.2 Å². The van der Waals surface area contributed by atoms with E-state index >= 15 is 0 Å². The lowest BCUT2D eigenvalue weighted by atomic mass is 9.71. The highest BCUT2D eigenvalue weighted by Gasteiger charge is 2.43. The van der Waals surface area contributed by atoms with Gasteiger partial charge in [-0.3, -0.25) is 9.59 Å². The van der Waals surface area contributed by atoms with Crippen LogP contribution in [0.1, 0.15) is 41.9 Å². The molecule has 2 heterocycles. The normalized spacial score (nSPS) is 18.5. The number of carbonyl (C=O) groups is 2. The number of aromatic nitrogens is 1. The highest BCUT2D eigenvalue weighted by molar-refractivity contribution is 6.02. The molecule has 206 valence electrons. The summed E-state index contributed by atoms with van der Waals surface area (Å²) >= 11 is 0. The van der Waals surface area contributed by atoms with Crippen molar-refractivity contribution in [1.82, 2.24) is 10.3 Å². The van der Waals surface area contributed by atoms with Crippen LogP contribution < -0.4 is 24.8 Å². The largest absolute Gasteiger partial charge is 0.497 e. The van der Waals surface area contributed by atoms with Crippen LogP contribution in [-0.4, -0.2) is 30.9 Å². The molecule has 0 radical (unpaired) electrons. The van der Waals surface area contributed by atoms with Gasteiger partial charge >= 0.3 is 0 Å². The zero-order valence-electron chi connectivity index (χ0n) is 23.0. The van der Waals surface area contributed by atoms with Crippen LogP contribution in [0.25, 0.3) is 0 Å². The zero-order chi connectivity index (χ0) is 28.2. The quantitative estimate of drug-likeness (QED) is 0.393. The number of ether oxygens (including phenoxy) is 3. The van der Waals surface area contributed by atoms with Gasteiger partial charge in [-0.15, -0.1) is 0 Å². The minimum Gasteiger partial charge on any atom is -0.497 e. The van der Waals surface area contributed by atoms with Crippen LogP contribution in [0.2, 0.25) is 0 Å². The molecule has 8 nitrogen and oxygen atoms in total. The summed E-state index contributed by atoms with van der Waals surface area (Å²) in [5.41, 5.74) is 4.64. The SMILES string of the molecule is C=C1NC2=C(C(=O)CCC2)C(c2ccc(OC)c(COc3ccc(OC)cc3)c2)C1C(=O)Nc1ccc(C)cn1. The van der Waals surface area contributed by atoms with E-state index < -0.39 is 11.8 Å². The monoisotopic (exact) mass is 539 g/mol. The second-order valence-electron chi connectivity index (χ2n) is 10.0. The van der Waals surface area contributed by atoms with Gasteiger partial charge in [-0.2, -0.15) is 0 Å². The number of rotatable bonds is 8. The van der Waals surface area contributed by atoms with Gasteiger partial charge in [0, 0.05) is 41.1 Å². The van der Waals surface area contributed by atoms with E-state index in [0.29, 0.717) is 35.0 Å². The van der Waals surface area contributed by atoms with Gasteiger partial charge in [0.15, 0.2) is 5.78 Å². The van der Waals surface area contributed by atoms with Crippen LogP contribution in [0.15, 0.2) is 84.3 Å². The summed E-state index contributed by atoms with van der Waals surface area (Å²) in [7, 11) is 3.22. The van der Waals surface area contributed by atoms with Crippen molar-refractivity contribution < 1.29 is 23.8 Å². The number of aryl methyl sites for hydroxylation is 1. The summed E-state index contributed by atoms with van der Waals surface area (Å²) in [6.07, 6.45) is 3.64. The van der Waals surface area contributed by atoms with Crippen molar-refractivity contribution in [2.45, 2.75) is 38.7 Å². The smallest absolute Gasteiger partial charge is 0.235 e. The number of methoxy groups -OCH3 is 2. The number of anilines is 1. The third-order valence-corrected chi connectivity index (χ3v) is 7.35. The lowest BCUT2D eigenvalue weighted by Crippen LogP contribution is -2.42. The molecule has 2 unspecified atom stereocenters. The molecule has 5 rings (SSSR count). The van der Waals surface area contributed by atoms with Gasteiger partial charge in [-0.1, -0.05) is 18.7 Å². The van der Waals surface area contributed by atoms with Crippen molar-refractivity contribution in [1.29, 1.82) is 0 Å². The minimum atomic E-state index is -0.729. The summed E-state index contributed by atoms with van der Waals surface area (Å²) in [5.74, 6) is 1.03. The van der Waals surface area contributed by atoms with E-state index in [2.05, 4.69) is 22.2 Å². The van der Waals surface area contributed by atoms with E-state index in [1.807, 2.05) is 55.5 Å². The molecule has 40 heavy (non-hydrogen) atoms. The van der Waals surface area contributed by atoms with Crippen LogP contribution in [0.3, 0.4) is 0 Å². The zero-order valence-corrected chi connectivity index (χ0v) is 23.0. The Hall–Kier alpha value is -4.59. The number of benzene rings is 2.